The van der Waals surface area contributed by atoms with Crippen LogP contribution in [0.3, 0.4) is 0 Å². The van der Waals surface area contributed by atoms with Gasteiger partial charge in [-0.3, -0.25) is 0 Å². The number of aromatic nitrogens is 2. The van der Waals surface area contributed by atoms with E-state index >= 15 is 0 Å². The van der Waals surface area contributed by atoms with Gasteiger partial charge in [0.1, 0.15) is 5.82 Å². The predicted molar refractivity (Wildman–Crippen MR) is 64.1 cm³/mol. The third-order valence-corrected chi connectivity index (χ3v) is 3.44. The van der Waals surface area contributed by atoms with Crippen LogP contribution in [0.2, 0.25) is 0 Å². The van der Waals surface area contributed by atoms with Crippen LogP contribution in [0.4, 0.5) is 0 Å². The van der Waals surface area contributed by atoms with Crippen LogP contribution in [-0.4, -0.2) is 23.6 Å². The Balaban J connectivity index is 2.91. The van der Waals surface area contributed by atoms with Crippen LogP contribution in [0.5, 0.6) is 0 Å². The van der Waals surface area contributed by atoms with Crippen LogP contribution < -0.4 is 0 Å². The number of hydrogen-bond donors (Lipinski definition) is 0. The maximum absolute atomic E-state index is 11.8. The van der Waals surface area contributed by atoms with E-state index in [1.807, 2.05) is 32.0 Å². The van der Waals surface area contributed by atoms with Gasteiger partial charge in [0.2, 0.25) is 10.0 Å². The Labute approximate surface area is 95.0 Å². The Bertz CT molecular complexity index is 626. The summed E-state index contributed by atoms with van der Waals surface area (Å²) in [6.45, 7) is 3.87. The zero-order chi connectivity index (χ0) is 11.9. The second-order valence-electron chi connectivity index (χ2n) is 4.14. The van der Waals surface area contributed by atoms with Crippen molar-refractivity contribution in [2.75, 3.05) is 6.26 Å². The Kier molecular flexibility index (Phi) is 2.50. The molecule has 86 valence electrons. The van der Waals surface area contributed by atoms with Crippen LogP contribution in [-0.2, 0) is 10.0 Å². The molecule has 0 amide bonds. The Hall–Kier alpha value is -1.36. The van der Waals surface area contributed by atoms with Crippen LogP contribution in [0.1, 0.15) is 25.6 Å². The number of imidazole rings is 1. The average Bonchev–Trinajstić information content (AvgIpc) is 2.55. The van der Waals surface area contributed by atoms with Crippen molar-refractivity contribution in [3.63, 3.8) is 0 Å². The molecular formula is C11H14N2O2S. The quantitative estimate of drug-likeness (QED) is 0.803. The number of hydrogen-bond acceptors (Lipinski definition) is 3. The lowest BCUT2D eigenvalue weighted by atomic mass is 10.2. The van der Waals surface area contributed by atoms with Gasteiger partial charge < -0.3 is 0 Å². The first-order valence-electron chi connectivity index (χ1n) is 5.09. The van der Waals surface area contributed by atoms with Crippen molar-refractivity contribution >= 4 is 21.1 Å². The van der Waals surface area contributed by atoms with Gasteiger partial charge in [0, 0.05) is 5.92 Å². The van der Waals surface area contributed by atoms with E-state index in [1.165, 1.54) is 10.2 Å². The fourth-order valence-corrected chi connectivity index (χ4v) is 2.84. The number of benzene rings is 1. The molecule has 0 saturated heterocycles. The molecule has 1 aromatic heterocycles. The highest BCUT2D eigenvalue weighted by Crippen LogP contribution is 2.22. The highest BCUT2D eigenvalue weighted by atomic mass is 32.2. The van der Waals surface area contributed by atoms with Gasteiger partial charge in [0.05, 0.1) is 17.3 Å². The molecule has 4 nitrogen and oxygen atoms in total. The van der Waals surface area contributed by atoms with Gasteiger partial charge in [-0.05, 0) is 12.1 Å². The van der Waals surface area contributed by atoms with Gasteiger partial charge in [0.25, 0.3) is 0 Å². The van der Waals surface area contributed by atoms with Gasteiger partial charge in [-0.2, -0.15) is 0 Å². The normalized spacial score (nSPS) is 12.5. The molecule has 0 radical (unpaired) electrons. The van der Waals surface area contributed by atoms with Gasteiger partial charge >= 0.3 is 0 Å². The standard InChI is InChI=1S/C11H14N2O2S/c1-8(2)11-12-9-6-4-5-7-10(9)13(11)16(3,14)15/h4-8H,1-3H3. The summed E-state index contributed by atoms with van der Waals surface area (Å²) < 4.78 is 24.8. The fourth-order valence-electron chi connectivity index (χ4n) is 1.73. The Morgan fingerprint density at radius 1 is 1.25 bits per heavy atom. The Morgan fingerprint density at radius 2 is 1.88 bits per heavy atom. The summed E-state index contributed by atoms with van der Waals surface area (Å²) in [5.74, 6) is 0.658. The van der Waals surface area contributed by atoms with Crippen molar-refractivity contribution in [1.29, 1.82) is 0 Å². The first-order chi connectivity index (χ1) is 7.41. The van der Waals surface area contributed by atoms with Crippen LogP contribution >= 0.6 is 0 Å². The number of para-hydroxylation sites is 2. The summed E-state index contributed by atoms with van der Waals surface area (Å²) in [4.78, 5) is 4.36. The molecule has 1 aromatic carbocycles. The predicted octanol–water partition coefficient (Wildman–Crippen LogP) is 1.97. The molecule has 16 heavy (non-hydrogen) atoms. The van der Waals surface area contributed by atoms with E-state index < -0.39 is 10.0 Å². The molecule has 0 saturated carbocycles. The maximum atomic E-state index is 11.8. The van der Waals surface area contributed by atoms with E-state index in [9.17, 15) is 8.42 Å². The van der Waals surface area contributed by atoms with Gasteiger partial charge in [-0.1, -0.05) is 26.0 Å². The van der Waals surface area contributed by atoms with Crippen molar-refractivity contribution in [3.8, 4) is 0 Å². The second kappa shape index (κ2) is 3.59. The molecule has 2 rings (SSSR count). The zero-order valence-corrected chi connectivity index (χ0v) is 10.3. The first-order valence-corrected chi connectivity index (χ1v) is 6.94. The molecule has 0 bridgehead atoms. The lowest BCUT2D eigenvalue weighted by Crippen LogP contribution is -2.14. The maximum Gasteiger partial charge on any atom is 0.237 e. The number of rotatable bonds is 2. The molecule has 2 aromatic rings. The molecule has 0 aliphatic heterocycles. The summed E-state index contributed by atoms with van der Waals surface area (Å²) in [7, 11) is -3.31. The van der Waals surface area contributed by atoms with E-state index in [2.05, 4.69) is 4.98 Å². The van der Waals surface area contributed by atoms with Crippen LogP contribution in [0, 0.1) is 0 Å². The number of nitrogens with zero attached hydrogens (tertiary/aromatic N) is 2. The van der Waals surface area contributed by atoms with Crippen molar-refractivity contribution in [2.24, 2.45) is 0 Å². The lowest BCUT2D eigenvalue weighted by Gasteiger charge is -2.08. The molecule has 0 aliphatic carbocycles. The fraction of sp³-hybridized carbons (Fsp3) is 0.364. The van der Waals surface area contributed by atoms with Crippen LogP contribution in [0.25, 0.3) is 11.0 Å². The van der Waals surface area contributed by atoms with Crippen molar-refractivity contribution < 1.29 is 8.42 Å². The SMILES string of the molecule is CC(C)c1nc2ccccc2n1S(C)(=O)=O. The van der Waals surface area contributed by atoms with E-state index in [-0.39, 0.29) is 5.92 Å². The minimum Gasteiger partial charge on any atom is -0.232 e. The largest absolute Gasteiger partial charge is 0.237 e. The summed E-state index contributed by atoms with van der Waals surface area (Å²) in [6.07, 6.45) is 1.20. The van der Waals surface area contributed by atoms with Gasteiger partial charge in [0.15, 0.2) is 0 Å². The summed E-state index contributed by atoms with van der Waals surface area (Å²) in [5, 5.41) is 0. The van der Waals surface area contributed by atoms with Gasteiger partial charge in [-0.15, -0.1) is 0 Å². The molecule has 0 N–H and O–H groups in total. The Morgan fingerprint density at radius 3 is 2.44 bits per heavy atom. The molecular weight excluding hydrogens is 224 g/mol. The third-order valence-electron chi connectivity index (χ3n) is 2.39. The van der Waals surface area contributed by atoms with E-state index in [0.29, 0.717) is 11.3 Å². The molecule has 1 heterocycles. The van der Waals surface area contributed by atoms with Crippen molar-refractivity contribution in [2.45, 2.75) is 19.8 Å². The molecule has 0 aliphatic rings. The van der Waals surface area contributed by atoms with Crippen molar-refractivity contribution in [1.82, 2.24) is 8.96 Å². The summed E-state index contributed by atoms with van der Waals surface area (Å²) in [5.41, 5.74) is 1.37. The molecule has 0 fully saturated rings. The minimum absolute atomic E-state index is 0.0714. The zero-order valence-electron chi connectivity index (χ0n) is 9.51. The van der Waals surface area contributed by atoms with E-state index in [0.717, 1.165) is 5.52 Å². The first kappa shape index (κ1) is 11.1. The smallest absolute Gasteiger partial charge is 0.232 e. The lowest BCUT2D eigenvalue weighted by molar-refractivity contribution is 0.589. The average molecular weight is 238 g/mol. The second-order valence-corrected chi connectivity index (χ2v) is 5.97. The summed E-state index contributed by atoms with van der Waals surface area (Å²) in [6, 6.07) is 7.26. The van der Waals surface area contributed by atoms with Gasteiger partial charge in [-0.25, -0.2) is 17.4 Å². The molecule has 0 atom stereocenters. The summed E-state index contributed by atoms with van der Waals surface area (Å²) >= 11 is 0. The number of fused-ring (bicyclic) bond motifs is 1. The van der Waals surface area contributed by atoms with Crippen molar-refractivity contribution in [3.05, 3.63) is 30.1 Å². The topological polar surface area (TPSA) is 52.0 Å². The molecule has 0 spiro atoms. The minimum atomic E-state index is -3.31. The molecule has 5 heteroatoms. The van der Waals surface area contributed by atoms with E-state index in [4.69, 9.17) is 0 Å². The third kappa shape index (κ3) is 1.71. The molecule has 0 unspecified atom stereocenters. The highest BCUT2D eigenvalue weighted by molar-refractivity contribution is 7.89. The van der Waals surface area contributed by atoms with E-state index in [1.54, 1.807) is 6.07 Å². The monoisotopic (exact) mass is 238 g/mol. The van der Waals surface area contributed by atoms with Crippen LogP contribution in [0.15, 0.2) is 24.3 Å². The highest BCUT2D eigenvalue weighted by Gasteiger charge is 2.19.